The molecule has 0 aliphatic rings. The predicted octanol–water partition coefficient (Wildman–Crippen LogP) is 2.71. The second-order valence-corrected chi connectivity index (χ2v) is 6.20. The van der Waals surface area contributed by atoms with Crippen LogP contribution in [0.2, 0.25) is 0 Å². The van der Waals surface area contributed by atoms with Crippen molar-refractivity contribution in [2.24, 2.45) is 0 Å². The molecule has 0 aliphatic carbocycles. The standard InChI is InChI=1S/C16H20N2O4S/c1-10-12(11(2)22-18-10)6-7-15(19)17-13(9-16(20)21-3)14-5-4-8-23-14/h4-5,8,13H,6-7,9H2,1-3H3,(H,17,19)/t13-/m0/s1. The monoisotopic (exact) mass is 336 g/mol. The van der Waals surface area contributed by atoms with Gasteiger partial charge in [0.05, 0.1) is 25.3 Å². The van der Waals surface area contributed by atoms with Crippen molar-refractivity contribution in [1.82, 2.24) is 10.5 Å². The second-order valence-electron chi connectivity index (χ2n) is 5.22. The molecule has 0 saturated carbocycles. The molecule has 124 valence electrons. The van der Waals surface area contributed by atoms with Crippen molar-refractivity contribution in [1.29, 1.82) is 0 Å². The number of rotatable bonds is 7. The summed E-state index contributed by atoms with van der Waals surface area (Å²) >= 11 is 1.50. The number of hydrogen-bond acceptors (Lipinski definition) is 6. The second kappa shape index (κ2) is 7.92. The van der Waals surface area contributed by atoms with E-state index in [0.717, 1.165) is 21.9 Å². The zero-order valence-corrected chi connectivity index (χ0v) is 14.2. The van der Waals surface area contributed by atoms with Crippen LogP contribution in [0, 0.1) is 13.8 Å². The summed E-state index contributed by atoms with van der Waals surface area (Å²) in [4.78, 5) is 24.7. The van der Waals surface area contributed by atoms with Crippen LogP contribution in [-0.4, -0.2) is 24.1 Å². The van der Waals surface area contributed by atoms with Gasteiger partial charge in [-0.25, -0.2) is 0 Å². The molecule has 0 radical (unpaired) electrons. The molecule has 1 N–H and O–H groups in total. The Morgan fingerprint density at radius 1 is 1.43 bits per heavy atom. The number of carbonyl (C=O) groups excluding carboxylic acids is 2. The fourth-order valence-electron chi connectivity index (χ4n) is 2.33. The van der Waals surface area contributed by atoms with Crippen LogP contribution in [0.5, 0.6) is 0 Å². The van der Waals surface area contributed by atoms with Gasteiger partial charge in [-0.1, -0.05) is 11.2 Å². The van der Waals surface area contributed by atoms with Crippen LogP contribution in [0.1, 0.15) is 40.8 Å². The molecule has 2 aromatic rings. The topological polar surface area (TPSA) is 81.4 Å². The van der Waals surface area contributed by atoms with E-state index in [9.17, 15) is 9.59 Å². The highest BCUT2D eigenvalue weighted by atomic mass is 32.1. The number of nitrogens with zero attached hydrogens (tertiary/aromatic N) is 1. The molecule has 1 amide bonds. The quantitative estimate of drug-likeness (QED) is 0.786. The van der Waals surface area contributed by atoms with Gasteiger partial charge in [0.25, 0.3) is 0 Å². The van der Waals surface area contributed by atoms with Gasteiger partial charge in [0, 0.05) is 16.9 Å². The zero-order chi connectivity index (χ0) is 16.8. The summed E-state index contributed by atoms with van der Waals surface area (Å²) in [7, 11) is 1.34. The summed E-state index contributed by atoms with van der Waals surface area (Å²) < 4.78 is 9.80. The highest BCUT2D eigenvalue weighted by Gasteiger charge is 2.20. The molecule has 2 aromatic heterocycles. The molecule has 0 spiro atoms. The normalized spacial score (nSPS) is 12.0. The molecular weight excluding hydrogens is 316 g/mol. The van der Waals surface area contributed by atoms with Crippen molar-refractivity contribution in [3.8, 4) is 0 Å². The lowest BCUT2D eigenvalue weighted by Crippen LogP contribution is -2.30. The van der Waals surface area contributed by atoms with Crippen molar-refractivity contribution in [3.63, 3.8) is 0 Å². The van der Waals surface area contributed by atoms with Gasteiger partial charge in [-0.15, -0.1) is 11.3 Å². The third-order valence-electron chi connectivity index (χ3n) is 3.60. The fraction of sp³-hybridized carbons (Fsp3) is 0.438. The molecule has 0 saturated heterocycles. The van der Waals surface area contributed by atoms with E-state index in [1.54, 1.807) is 0 Å². The minimum atomic E-state index is -0.361. The van der Waals surface area contributed by atoms with E-state index < -0.39 is 0 Å². The zero-order valence-electron chi connectivity index (χ0n) is 13.4. The molecule has 0 aromatic carbocycles. The maximum atomic E-state index is 12.2. The van der Waals surface area contributed by atoms with Gasteiger partial charge < -0.3 is 14.6 Å². The molecule has 23 heavy (non-hydrogen) atoms. The number of aryl methyl sites for hydroxylation is 2. The number of methoxy groups -OCH3 is 1. The molecule has 0 unspecified atom stereocenters. The number of ether oxygens (including phenoxy) is 1. The fourth-order valence-corrected chi connectivity index (χ4v) is 3.10. The number of carbonyl (C=O) groups is 2. The van der Waals surface area contributed by atoms with Gasteiger partial charge in [0.1, 0.15) is 5.76 Å². The summed E-state index contributed by atoms with van der Waals surface area (Å²) in [6, 6.07) is 3.42. The molecule has 7 heteroatoms. The van der Waals surface area contributed by atoms with E-state index in [1.165, 1.54) is 18.4 Å². The van der Waals surface area contributed by atoms with Gasteiger partial charge >= 0.3 is 5.97 Å². The SMILES string of the molecule is COC(=O)C[C@H](NC(=O)CCc1c(C)noc1C)c1cccs1. The number of hydrogen-bond donors (Lipinski definition) is 1. The first-order valence-corrected chi connectivity index (χ1v) is 8.20. The first kappa shape index (κ1) is 17.2. The Bertz CT molecular complexity index is 644. The van der Waals surface area contributed by atoms with Crippen molar-refractivity contribution >= 4 is 23.2 Å². The minimum Gasteiger partial charge on any atom is -0.469 e. The Morgan fingerprint density at radius 3 is 2.78 bits per heavy atom. The van der Waals surface area contributed by atoms with E-state index in [-0.39, 0.29) is 24.3 Å². The predicted molar refractivity (Wildman–Crippen MR) is 86.1 cm³/mol. The van der Waals surface area contributed by atoms with Crippen LogP contribution in [0.4, 0.5) is 0 Å². The Kier molecular flexibility index (Phi) is 5.92. The van der Waals surface area contributed by atoms with Gasteiger partial charge in [-0.3, -0.25) is 9.59 Å². The lowest BCUT2D eigenvalue weighted by Gasteiger charge is -2.16. The number of thiophene rings is 1. The van der Waals surface area contributed by atoms with Crippen LogP contribution in [-0.2, 0) is 20.7 Å². The molecular formula is C16H20N2O4S. The number of amides is 1. The summed E-state index contributed by atoms with van der Waals surface area (Å²) in [5, 5.41) is 8.70. The Hall–Kier alpha value is -2.15. The Labute approximate surface area is 138 Å². The molecule has 2 rings (SSSR count). The van der Waals surface area contributed by atoms with Crippen LogP contribution < -0.4 is 5.32 Å². The lowest BCUT2D eigenvalue weighted by molar-refractivity contribution is -0.141. The molecule has 2 heterocycles. The number of aromatic nitrogens is 1. The minimum absolute atomic E-state index is 0.118. The molecule has 0 fully saturated rings. The summed E-state index contributed by atoms with van der Waals surface area (Å²) in [6.45, 7) is 3.69. The van der Waals surface area contributed by atoms with Gasteiger partial charge in [-0.2, -0.15) is 0 Å². The van der Waals surface area contributed by atoms with E-state index in [4.69, 9.17) is 9.26 Å². The van der Waals surface area contributed by atoms with Crippen LogP contribution in [0.15, 0.2) is 22.0 Å². The largest absolute Gasteiger partial charge is 0.469 e. The van der Waals surface area contributed by atoms with E-state index >= 15 is 0 Å². The highest BCUT2D eigenvalue weighted by Crippen LogP contribution is 2.23. The lowest BCUT2D eigenvalue weighted by atomic mass is 10.1. The third kappa shape index (κ3) is 4.66. The van der Waals surface area contributed by atoms with Gasteiger partial charge in [0.15, 0.2) is 0 Å². The van der Waals surface area contributed by atoms with Crippen LogP contribution in [0.25, 0.3) is 0 Å². The van der Waals surface area contributed by atoms with E-state index in [2.05, 4.69) is 10.5 Å². The average molecular weight is 336 g/mol. The van der Waals surface area contributed by atoms with Crippen LogP contribution in [0.3, 0.4) is 0 Å². The van der Waals surface area contributed by atoms with E-state index in [1.807, 2.05) is 31.4 Å². The molecule has 6 nitrogen and oxygen atoms in total. The third-order valence-corrected chi connectivity index (χ3v) is 4.59. The maximum Gasteiger partial charge on any atom is 0.307 e. The van der Waals surface area contributed by atoms with Gasteiger partial charge in [-0.05, 0) is 31.7 Å². The van der Waals surface area contributed by atoms with Crippen LogP contribution >= 0.6 is 11.3 Å². The van der Waals surface area contributed by atoms with Crippen molar-refractivity contribution in [3.05, 3.63) is 39.4 Å². The van der Waals surface area contributed by atoms with E-state index in [0.29, 0.717) is 12.8 Å². The molecule has 1 atom stereocenters. The molecule has 0 aliphatic heterocycles. The maximum absolute atomic E-state index is 12.2. The van der Waals surface area contributed by atoms with Crippen molar-refractivity contribution in [2.75, 3.05) is 7.11 Å². The average Bonchev–Trinajstić information content (AvgIpc) is 3.15. The van der Waals surface area contributed by atoms with Gasteiger partial charge in [0.2, 0.25) is 5.91 Å². The Balaban J connectivity index is 1.96. The summed E-state index contributed by atoms with van der Waals surface area (Å²) in [5.74, 6) is 0.265. The number of nitrogens with one attached hydrogen (secondary N) is 1. The summed E-state index contributed by atoms with van der Waals surface area (Å²) in [5.41, 5.74) is 1.76. The van der Waals surface area contributed by atoms with Crippen molar-refractivity contribution < 1.29 is 18.8 Å². The number of esters is 1. The smallest absolute Gasteiger partial charge is 0.307 e. The van der Waals surface area contributed by atoms with Crippen molar-refractivity contribution in [2.45, 2.75) is 39.2 Å². The Morgan fingerprint density at radius 2 is 2.22 bits per heavy atom. The summed E-state index contributed by atoms with van der Waals surface area (Å²) in [6.07, 6.45) is 0.988. The first-order valence-electron chi connectivity index (χ1n) is 7.32. The highest BCUT2D eigenvalue weighted by molar-refractivity contribution is 7.10. The molecule has 0 bridgehead atoms. The first-order chi connectivity index (χ1) is 11.0.